The van der Waals surface area contributed by atoms with Gasteiger partial charge in [0, 0.05) is 17.7 Å². The largest absolute Gasteiger partial charge is 0.486 e. The summed E-state index contributed by atoms with van der Waals surface area (Å²) in [6.45, 7) is 6.08. The number of ether oxygens (including phenoxy) is 2. The van der Waals surface area contributed by atoms with Crippen molar-refractivity contribution in [2.45, 2.75) is 57.4 Å². The third-order valence-electron chi connectivity index (χ3n) is 6.73. The van der Waals surface area contributed by atoms with Crippen molar-refractivity contribution in [3.8, 4) is 11.5 Å². The highest BCUT2D eigenvalue weighted by molar-refractivity contribution is 5.93. The molecule has 0 bridgehead atoms. The van der Waals surface area contributed by atoms with E-state index in [1.807, 2.05) is 11.0 Å². The van der Waals surface area contributed by atoms with E-state index in [9.17, 15) is 4.79 Å². The number of carbonyl (C=O) groups excluding carboxylic acids is 1. The number of aromatic amines is 1. The first kappa shape index (κ1) is 17.6. The normalized spacial score (nSPS) is 22.4. The third-order valence-corrected chi connectivity index (χ3v) is 6.73. The van der Waals surface area contributed by atoms with E-state index in [4.69, 9.17) is 9.47 Å². The maximum atomic E-state index is 13.4. The number of nitrogens with one attached hydrogen (secondary N) is 1. The van der Waals surface area contributed by atoms with E-state index in [2.05, 4.69) is 36.2 Å². The van der Waals surface area contributed by atoms with Crippen LogP contribution in [-0.2, 0) is 11.8 Å². The van der Waals surface area contributed by atoms with Crippen molar-refractivity contribution in [1.82, 2.24) is 15.1 Å². The van der Waals surface area contributed by atoms with Crippen LogP contribution >= 0.6 is 0 Å². The molecule has 1 saturated carbocycles. The summed E-state index contributed by atoms with van der Waals surface area (Å²) >= 11 is 0. The number of fused-ring (bicyclic) bond motifs is 3. The minimum absolute atomic E-state index is 0.00950. The molecular formula is C22H27N3O3. The molecule has 3 heterocycles. The Labute approximate surface area is 165 Å². The lowest BCUT2D eigenvalue weighted by atomic mass is 9.71. The number of nitrogens with zero attached hydrogens (tertiary/aromatic N) is 2. The molecule has 0 saturated heterocycles. The summed E-state index contributed by atoms with van der Waals surface area (Å²) in [5, 5.41) is 7.25. The Hall–Kier alpha value is -2.50. The van der Waals surface area contributed by atoms with Gasteiger partial charge in [-0.25, -0.2) is 0 Å². The lowest BCUT2D eigenvalue weighted by Crippen LogP contribution is -2.48. The molecular weight excluding hydrogens is 354 g/mol. The molecule has 1 amide bonds. The summed E-state index contributed by atoms with van der Waals surface area (Å²) in [4.78, 5) is 15.4. The van der Waals surface area contributed by atoms with E-state index in [0.717, 1.165) is 43.0 Å². The number of benzene rings is 1. The quantitative estimate of drug-likeness (QED) is 0.860. The predicted octanol–water partition coefficient (Wildman–Crippen LogP) is 3.77. The fourth-order valence-electron chi connectivity index (χ4n) is 5.15. The van der Waals surface area contributed by atoms with Gasteiger partial charge in [-0.3, -0.25) is 9.89 Å². The van der Waals surface area contributed by atoms with Gasteiger partial charge >= 0.3 is 0 Å². The second-order valence-corrected chi connectivity index (χ2v) is 8.31. The fourth-order valence-corrected chi connectivity index (χ4v) is 5.15. The molecule has 1 fully saturated rings. The molecule has 3 aliphatic rings. The first-order chi connectivity index (χ1) is 13.6. The van der Waals surface area contributed by atoms with Gasteiger partial charge in [-0.1, -0.05) is 19.8 Å². The minimum Gasteiger partial charge on any atom is -0.486 e. The second-order valence-electron chi connectivity index (χ2n) is 8.31. The molecule has 1 spiro atoms. The zero-order chi connectivity index (χ0) is 19.3. The highest BCUT2D eigenvalue weighted by atomic mass is 16.6. The van der Waals surface area contributed by atoms with Gasteiger partial charge in [-0.05, 0) is 55.5 Å². The van der Waals surface area contributed by atoms with Crippen LogP contribution in [0.4, 0.5) is 0 Å². The predicted molar refractivity (Wildman–Crippen MR) is 105 cm³/mol. The van der Waals surface area contributed by atoms with Crippen LogP contribution in [0.2, 0.25) is 0 Å². The van der Waals surface area contributed by atoms with Gasteiger partial charge in [-0.2, -0.15) is 5.10 Å². The Morgan fingerprint density at radius 3 is 2.61 bits per heavy atom. The van der Waals surface area contributed by atoms with Gasteiger partial charge in [0.05, 0.1) is 6.04 Å². The van der Waals surface area contributed by atoms with Crippen LogP contribution in [0.5, 0.6) is 11.5 Å². The van der Waals surface area contributed by atoms with E-state index < -0.39 is 0 Å². The zero-order valence-corrected chi connectivity index (χ0v) is 16.6. The molecule has 1 aliphatic carbocycles. The topological polar surface area (TPSA) is 67.5 Å². The molecule has 28 heavy (non-hydrogen) atoms. The molecule has 1 N–H and O–H groups in total. The van der Waals surface area contributed by atoms with Crippen LogP contribution in [0.15, 0.2) is 18.2 Å². The Morgan fingerprint density at radius 1 is 1.21 bits per heavy atom. The number of carbonyl (C=O) groups is 1. The van der Waals surface area contributed by atoms with E-state index in [0.29, 0.717) is 18.9 Å². The van der Waals surface area contributed by atoms with Crippen molar-refractivity contribution < 1.29 is 14.3 Å². The molecule has 6 heteroatoms. The Morgan fingerprint density at radius 2 is 1.93 bits per heavy atom. The van der Waals surface area contributed by atoms with Crippen molar-refractivity contribution in [3.05, 3.63) is 40.7 Å². The van der Waals surface area contributed by atoms with E-state index in [-0.39, 0.29) is 17.4 Å². The standard InChI is InChI=1S/C22H27N3O3/c1-3-15-10-18(24-23-15)21(26)25-13-22(6-4-5-7-22)17-12-20-19(27-8-9-28-20)11-16(17)14(25)2/h10-12,14H,3-9,13H2,1-2H3,(H,23,24). The maximum absolute atomic E-state index is 13.4. The van der Waals surface area contributed by atoms with Crippen molar-refractivity contribution >= 4 is 5.91 Å². The summed E-state index contributed by atoms with van der Waals surface area (Å²) in [6, 6.07) is 6.16. The van der Waals surface area contributed by atoms with Crippen molar-refractivity contribution in [2.24, 2.45) is 0 Å². The molecule has 1 aromatic carbocycles. The number of aryl methyl sites for hydroxylation is 1. The molecule has 6 nitrogen and oxygen atoms in total. The van der Waals surface area contributed by atoms with Crippen molar-refractivity contribution in [1.29, 1.82) is 0 Å². The third kappa shape index (κ3) is 2.61. The number of rotatable bonds is 2. The van der Waals surface area contributed by atoms with Crippen LogP contribution in [0, 0.1) is 0 Å². The summed E-state index contributed by atoms with van der Waals surface area (Å²) in [5.74, 6) is 1.66. The number of aromatic nitrogens is 2. The Bertz CT molecular complexity index is 914. The van der Waals surface area contributed by atoms with Gasteiger partial charge in [0.15, 0.2) is 11.5 Å². The summed E-state index contributed by atoms with van der Waals surface area (Å²) < 4.78 is 11.7. The number of H-pyrrole nitrogens is 1. The SMILES string of the molecule is CCc1cc(C(=O)N2CC3(CCCC3)c3cc4c(cc3C2C)OCCO4)n[nH]1. The fraction of sp³-hybridized carbons (Fsp3) is 0.545. The highest BCUT2D eigenvalue weighted by Crippen LogP contribution is 2.52. The zero-order valence-electron chi connectivity index (χ0n) is 16.6. The number of hydrogen-bond acceptors (Lipinski definition) is 4. The smallest absolute Gasteiger partial charge is 0.274 e. The maximum Gasteiger partial charge on any atom is 0.274 e. The molecule has 1 unspecified atom stereocenters. The molecule has 2 aliphatic heterocycles. The Balaban J connectivity index is 1.58. The van der Waals surface area contributed by atoms with E-state index in [1.165, 1.54) is 24.0 Å². The summed E-state index contributed by atoms with van der Waals surface area (Å²) in [7, 11) is 0. The van der Waals surface area contributed by atoms with E-state index in [1.54, 1.807) is 0 Å². The van der Waals surface area contributed by atoms with Crippen LogP contribution < -0.4 is 9.47 Å². The van der Waals surface area contributed by atoms with Crippen LogP contribution in [-0.4, -0.2) is 40.8 Å². The number of hydrogen-bond donors (Lipinski definition) is 1. The molecule has 2 aromatic rings. The average Bonchev–Trinajstić information content (AvgIpc) is 3.39. The summed E-state index contributed by atoms with van der Waals surface area (Å²) in [6.07, 6.45) is 5.46. The first-order valence-corrected chi connectivity index (χ1v) is 10.4. The molecule has 5 rings (SSSR count). The lowest BCUT2D eigenvalue weighted by Gasteiger charge is -2.46. The van der Waals surface area contributed by atoms with Gasteiger partial charge in [0.25, 0.3) is 5.91 Å². The first-order valence-electron chi connectivity index (χ1n) is 10.4. The van der Waals surface area contributed by atoms with Crippen LogP contribution in [0.1, 0.15) is 72.9 Å². The van der Waals surface area contributed by atoms with Crippen LogP contribution in [0.25, 0.3) is 0 Å². The molecule has 1 atom stereocenters. The lowest BCUT2D eigenvalue weighted by molar-refractivity contribution is 0.0587. The van der Waals surface area contributed by atoms with Gasteiger partial charge in [0.2, 0.25) is 0 Å². The van der Waals surface area contributed by atoms with Gasteiger partial charge in [-0.15, -0.1) is 0 Å². The highest BCUT2D eigenvalue weighted by Gasteiger charge is 2.46. The average molecular weight is 381 g/mol. The van der Waals surface area contributed by atoms with Crippen LogP contribution in [0.3, 0.4) is 0 Å². The van der Waals surface area contributed by atoms with Gasteiger partial charge < -0.3 is 14.4 Å². The number of amides is 1. The Kier molecular flexibility index (Phi) is 4.11. The molecule has 0 radical (unpaired) electrons. The van der Waals surface area contributed by atoms with Crippen molar-refractivity contribution in [2.75, 3.05) is 19.8 Å². The summed E-state index contributed by atoms with van der Waals surface area (Å²) in [5.41, 5.74) is 4.05. The molecule has 1 aromatic heterocycles. The second kappa shape index (κ2) is 6.54. The van der Waals surface area contributed by atoms with Gasteiger partial charge in [0.1, 0.15) is 18.9 Å². The monoisotopic (exact) mass is 381 g/mol. The minimum atomic E-state index is -0.0219. The van der Waals surface area contributed by atoms with Crippen molar-refractivity contribution in [3.63, 3.8) is 0 Å². The molecule has 148 valence electrons. The van der Waals surface area contributed by atoms with E-state index >= 15 is 0 Å².